The van der Waals surface area contributed by atoms with E-state index in [0.717, 1.165) is 49.9 Å². The predicted molar refractivity (Wildman–Crippen MR) is 123 cm³/mol. The van der Waals surface area contributed by atoms with Gasteiger partial charge in [0, 0.05) is 32.4 Å². The summed E-state index contributed by atoms with van der Waals surface area (Å²) in [6.07, 6.45) is 8.52. The number of fused-ring (bicyclic) bond motifs is 1. The van der Waals surface area contributed by atoms with Crippen LogP contribution in [-0.4, -0.2) is 76.1 Å². The van der Waals surface area contributed by atoms with Gasteiger partial charge in [-0.25, -0.2) is 14.1 Å². The number of carbonyl (C=O) groups is 3. The number of nitrogens with one attached hydrogen (secondary N) is 1. The van der Waals surface area contributed by atoms with Gasteiger partial charge in [-0.15, -0.1) is 0 Å². The number of hydrogen-bond donors (Lipinski definition) is 1. The quantitative estimate of drug-likeness (QED) is 0.700. The number of amides is 3. The van der Waals surface area contributed by atoms with Crippen molar-refractivity contribution in [3.05, 3.63) is 35.7 Å². The molecule has 1 unspecified atom stereocenters. The Balaban J connectivity index is 1.39. The van der Waals surface area contributed by atoms with E-state index in [1.807, 2.05) is 11.1 Å². The van der Waals surface area contributed by atoms with Crippen LogP contribution in [-0.2, 0) is 9.53 Å². The predicted octanol–water partition coefficient (Wildman–Crippen LogP) is 2.80. The lowest BCUT2D eigenvalue weighted by Crippen LogP contribution is -2.49. The number of aromatic nitrogens is 2. The molecule has 2 saturated heterocycles. The molecule has 0 saturated carbocycles. The zero-order chi connectivity index (χ0) is 23.4. The Kier molecular flexibility index (Phi) is 7.15. The van der Waals surface area contributed by atoms with Crippen LogP contribution in [0.1, 0.15) is 67.8 Å². The molecule has 33 heavy (non-hydrogen) atoms. The molecule has 0 spiro atoms. The lowest BCUT2D eigenvalue weighted by molar-refractivity contribution is -0.144. The number of urea groups is 1. The van der Waals surface area contributed by atoms with E-state index >= 15 is 0 Å². The van der Waals surface area contributed by atoms with Crippen molar-refractivity contribution in [2.45, 2.75) is 57.9 Å². The summed E-state index contributed by atoms with van der Waals surface area (Å²) in [7, 11) is 0. The Bertz CT molecular complexity index is 1010. The molecule has 2 aromatic rings. The summed E-state index contributed by atoms with van der Waals surface area (Å²) < 4.78 is 6.72. The Hall–Kier alpha value is -3.10. The summed E-state index contributed by atoms with van der Waals surface area (Å²) in [5.41, 5.74) is 2.66. The second-order valence-electron chi connectivity index (χ2n) is 8.89. The topological polar surface area (TPSA) is 96.2 Å². The number of carbonyl (C=O) groups excluding carboxylic acids is 3. The van der Waals surface area contributed by atoms with Crippen LogP contribution in [0.25, 0.3) is 5.52 Å². The standard InChI is InChI=1S/C24H33N5O4/c1-3-33-23(31)17(2)26-24(32)28-12-7-18(8-13-28)19-9-14-29-21(15-19)20(16-25-29)22(30)27-10-5-4-6-11-27/h9,14-18H,3-8,10-13H2,1-2H3,(H,26,32). The van der Waals surface area contributed by atoms with Gasteiger partial charge < -0.3 is 19.9 Å². The molecule has 0 aromatic carbocycles. The summed E-state index contributed by atoms with van der Waals surface area (Å²) in [5.74, 6) is -0.0665. The van der Waals surface area contributed by atoms with Crippen LogP contribution >= 0.6 is 0 Å². The van der Waals surface area contributed by atoms with Crippen molar-refractivity contribution < 1.29 is 19.1 Å². The van der Waals surface area contributed by atoms with Crippen LogP contribution in [0, 0.1) is 0 Å². The van der Waals surface area contributed by atoms with Gasteiger partial charge in [-0.05, 0) is 69.6 Å². The van der Waals surface area contributed by atoms with E-state index < -0.39 is 12.0 Å². The van der Waals surface area contributed by atoms with Gasteiger partial charge in [0.05, 0.1) is 23.9 Å². The first-order valence-corrected chi connectivity index (χ1v) is 12.0. The van der Waals surface area contributed by atoms with Gasteiger partial charge >= 0.3 is 12.0 Å². The van der Waals surface area contributed by atoms with Gasteiger partial charge in [0.15, 0.2) is 0 Å². The molecule has 1 atom stereocenters. The molecule has 0 bridgehead atoms. The van der Waals surface area contributed by atoms with Crippen molar-refractivity contribution in [1.82, 2.24) is 24.7 Å². The molecule has 1 N–H and O–H groups in total. The maximum Gasteiger partial charge on any atom is 0.328 e. The minimum Gasteiger partial charge on any atom is -0.464 e. The third-order valence-electron chi connectivity index (χ3n) is 6.65. The number of nitrogens with zero attached hydrogens (tertiary/aromatic N) is 4. The fourth-order valence-corrected chi connectivity index (χ4v) is 4.70. The van der Waals surface area contributed by atoms with Crippen LogP contribution in [0.2, 0.25) is 0 Å². The average Bonchev–Trinajstić information content (AvgIpc) is 3.27. The maximum atomic E-state index is 13.0. The number of ether oxygens (including phenoxy) is 1. The number of rotatable bonds is 5. The number of likely N-dealkylation sites (tertiary alicyclic amines) is 2. The van der Waals surface area contributed by atoms with E-state index in [9.17, 15) is 14.4 Å². The van der Waals surface area contributed by atoms with Crippen LogP contribution < -0.4 is 5.32 Å². The van der Waals surface area contributed by atoms with E-state index in [4.69, 9.17) is 4.74 Å². The molecule has 2 aliphatic rings. The summed E-state index contributed by atoms with van der Waals surface area (Å²) >= 11 is 0. The number of hydrogen-bond acceptors (Lipinski definition) is 5. The molecule has 9 nitrogen and oxygen atoms in total. The maximum absolute atomic E-state index is 13.0. The zero-order valence-corrected chi connectivity index (χ0v) is 19.5. The van der Waals surface area contributed by atoms with Crippen molar-refractivity contribution in [1.29, 1.82) is 0 Å². The molecule has 0 aliphatic carbocycles. The molecule has 2 aliphatic heterocycles. The second-order valence-corrected chi connectivity index (χ2v) is 8.89. The highest BCUT2D eigenvalue weighted by atomic mass is 16.5. The van der Waals surface area contributed by atoms with Crippen molar-refractivity contribution in [2.24, 2.45) is 0 Å². The Morgan fingerprint density at radius 2 is 1.85 bits per heavy atom. The Morgan fingerprint density at radius 3 is 2.55 bits per heavy atom. The second kappa shape index (κ2) is 10.2. The summed E-state index contributed by atoms with van der Waals surface area (Å²) in [4.78, 5) is 41.0. The molecule has 2 fully saturated rings. The van der Waals surface area contributed by atoms with Crippen LogP contribution in [0.15, 0.2) is 24.5 Å². The van der Waals surface area contributed by atoms with Gasteiger partial charge in [-0.2, -0.15) is 5.10 Å². The van der Waals surface area contributed by atoms with Crippen molar-refractivity contribution >= 4 is 23.4 Å². The molecule has 9 heteroatoms. The minimum absolute atomic E-state index is 0.0593. The SMILES string of the molecule is CCOC(=O)C(C)NC(=O)N1CCC(c2ccn3ncc(C(=O)N4CCCCC4)c3c2)CC1. The highest BCUT2D eigenvalue weighted by Crippen LogP contribution is 2.30. The lowest BCUT2D eigenvalue weighted by atomic mass is 9.89. The van der Waals surface area contributed by atoms with Gasteiger partial charge in [0.25, 0.3) is 5.91 Å². The van der Waals surface area contributed by atoms with Crippen molar-refractivity contribution in [3.63, 3.8) is 0 Å². The summed E-state index contributed by atoms with van der Waals surface area (Å²) in [6, 6.07) is 3.22. The van der Waals surface area contributed by atoms with Gasteiger partial charge in [0.2, 0.25) is 0 Å². The van der Waals surface area contributed by atoms with E-state index in [1.165, 1.54) is 6.42 Å². The monoisotopic (exact) mass is 455 g/mol. The van der Waals surface area contributed by atoms with E-state index in [1.54, 1.807) is 29.5 Å². The zero-order valence-electron chi connectivity index (χ0n) is 19.5. The summed E-state index contributed by atoms with van der Waals surface area (Å²) in [5, 5.41) is 7.10. The first-order valence-electron chi connectivity index (χ1n) is 12.0. The van der Waals surface area contributed by atoms with E-state index in [-0.39, 0.29) is 18.5 Å². The third kappa shape index (κ3) is 5.12. The normalized spacial score (nSPS) is 18.2. The van der Waals surface area contributed by atoms with Gasteiger partial charge in [0.1, 0.15) is 6.04 Å². The van der Waals surface area contributed by atoms with E-state index in [0.29, 0.717) is 24.6 Å². The number of pyridine rings is 1. The largest absolute Gasteiger partial charge is 0.464 e. The smallest absolute Gasteiger partial charge is 0.328 e. The first kappa shape index (κ1) is 23.1. The number of esters is 1. The molecular formula is C24H33N5O4. The Labute approximate surface area is 194 Å². The molecule has 2 aromatic heterocycles. The lowest BCUT2D eigenvalue weighted by Gasteiger charge is -2.33. The van der Waals surface area contributed by atoms with Crippen molar-refractivity contribution in [3.8, 4) is 0 Å². The summed E-state index contributed by atoms with van der Waals surface area (Å²) in [6.45, 7) is 6.50. The van der Waals surface area contributed by atoms with Crippen molar-refractivity contribution in [2.75, 3.05) is 32.8 Å². The van der Waals surface area contributed by atoms with E-state index in [2.05, 4.69) is 22.5 Å². The number of piperidine rings is 2. The van der Waals surface area contributed by atoms with Crippen LogP contribution in [0.3, 0.4) is 0 Å². The fourth-order valence-electron chi connectivity index (χ4n) is 4.70. The fraction of sp³-hybridized carbons (Fsp3) is 0.583. The highest BCUT2D eigenvalue weighted by molar-refractivity contribution is 6.00. The first-order chi connectivity index (χ1) is 16.0. The van der Waals surface area contributed by atoms with Gasteiger partial charge in [-0.1, -0.05) is 0 Å². The third-order valence-corrected chi connectivity index (χ3v) is 6.65. The highest BCUT2D eigenvalue weighted by Gasteiger charge is 2.27. The molecule has 0 radical (unpaired) electrons. The van der Waals surface area contributed by atoms with Crippen LogP contribution in [0.4, 0.5) is 4.79 Å². The van der Waals surface area contributed by atoms with Crippen LogP contribution in [0.5, 0.6) is 0 Å². The Morgan fingerprint density at radius 1 is 1.12 bits per heavy atom. The molecule has 3 amide bonds. The minimum atomic E-state index is -0.671. The molecule has 4 heterocycles. The average molecular weight is 456 g/mol. The van der Waals surface area contributed by atoms with Gasteiger partial charge in [-0.3, -0.25) is 4.79 Å². The molecule has 178 valence electrons. The molecular weight excluding hydrogens is 422 g/mol. The molecule has 4 rings (SSSR count).